The Hall–Kier alpha value is -3.66. The molecule has 0 saturated carbocycles. The number of rotatable bonds is 9. The maximum absolute atomic E-state index is 12.5. The summed E-state index contributed by atoms with van der Waals surface area (Å²) in [5.41, 5.74) is 1.78. The van der Waals surface area contributed by atoms with Gasteiger partial charge in [0.05, 0.1) is 18.2 Å². The van der Waals surface area contributed by atoms with Gasteiger partial charge in [0.1, 0.15) is 17.1 Å². The average Bonchev–Trinajstić information content (AvgIpc) is 3.40. The molecule has 0 radical (unpaired) electrons. The number of H-pyrrole nitrogens is 1. The predicted molar refractivity (Wildman–Crippen MR) is 121 cm³/mol. The molecule has 0 spiro atoms. The van der Waals surface area contributed by atoms with E-state index in [1.807, 2.05) is 31.2 Å². The van der Waals surface area contributed by atoms with E-state index in [1.165, 1.54) is 23.7 Å². The summed E-state index contributed by atoms with van der Waals surface area (Å²) in [6.45, 7) is 2.02. The Bertz CT molecular complexity index is 1160. The van der Waals surface area contributed by atoms with Crippen molar-refractivity contribution in [3.63, 3.8) is 0 Å². The minimum atomic E-state index is -0.207. The minimum absolute atomic E-state index is 0.0573. The molecule has 0 unspecified atom stereocenters. The Balaban J connectivity index is 1.49. The molecule has 10 heteroatoms. The zero-order valence-electron chi connectivity index (χ0n) is 17.7. The molecular weight excluding hydrogens is 426 g/mol. The van der Waals surface area contributed by atoms with Gasteiger partial charge in [-0.05, 0) is 24.2 Å². The zero-order chi connectivity index (χ0) is 22.3. The summed E-state index contributed by atoms with van der Waals surface area (Å²) in [7, 11) is 1.79. The van der Waals surface area contributed by atoms with Gasteiger partial charge in [0.25, 0.3) is 0 Å². The third-order valence-corrected chi connectivity index (χ3v) is 5.26. The molecule has 3 heterocycles. The first kappa shape index (κ1) is 21.6. The van der Waals surface area contributed by atoms with E-state index < -0.39 is 0 Å². The van der Waals surface area contributed by atoms with Crippen LogP contribution in [0.15, 0.2) is 71.2 Å². The normalized spacial score (nSPS) is 11.8. The molecule has 1 atom stereocenters. The van der Waals surface area contributed by atoms with Gasteiger partial charge in [0.2, 0.25) is 5.91 Å². The lowest BCUT2D eigenvalue weighted by Gasteiger charge is -2.16. The molecule has 0 aliphatic carbocycles. The van der Waals surface area contributed by atoms with E-state index in [1.54, 1.807) is 30.1 Å². The highest BCUT2D eigenvalue weighted by atomic mass is 32.2. The van der Waals surface area contributed by atoms with Crippen molar-refractivity contribution in [2.45, 2.75) is 36.1 Å². The molecule has 4 rings (SSSR count). The Morgan fingerprint density at radius 2 is 2.09 bits per heavy atom. The topological polar surface area (TPSA) is 111 Å². The van der Waals surface area contributed by atoms with Crippen LogP contribution in [0.25, 0.3) is 0 Å². The van der Waals surface area contributed by atoms with E-state index >= 15 is 0 Å². The predicted octanol–water partition coefficient (Wildman–Crippen LogP) is 3.28. The maximum Gasteiger partial charge on any atom is 0.231 e. The largest absolute Gasteiger partial charge is 0.490 e. The van der Waals surface area contributed by atoms with Gasteiger partial charge < -0.3 is 10.1 Å². The molecule has 1 amide bonds. The number of anilines is 1. The summed E-state index contributed by atoms with van der Waals surface area (Å²) in [5, 5.41) is 14.9. The number of nitrogens with zero attached hydrogens (tertiary/aromatic N) is 5. The number of aromatic nitrogens is 6. The first-order valence-electron chi connectivity index (χ1n) is 10.1. The number of aryl methyl sites for hydroxylation is 1. The summed E-state index contributed by atoms with van der Waals surface area (Å²) >= 11 is 1.32. The molecule has 9 nitrogen and oxygen atoms in total. The van der Waals surface area contributed by atoms with Crippen LogP contribution in [-0.2, 0) is 24.7 Å². The fourth-order valence-electron chi connectivity index (χ4n) is 3.14. The van der Waals surface area contributed by atoms with Crippen LogP contribution < -0.4 is 10.1 Å². The van der Waals surface area contributed by atoms with Crippen molar-refractivity contribution in [2.75, 3.05) is 5.32 Å². The van der Waals surface area contributed by atoms with Crippen LogP contribution in [0, 0.1) is 0 Å². The second-order valence-electron chi connectivity index (χ2n) is 7.24. The lowest BCUT2D eigenvalue weighted by molar-refractivity contribution is -0.115. The number of pyridine rings is 1. The van der Waals surface area contributed by atoms with Crippen molar-refractivity contribution in [1.29, 1.82) is 0 Å². The molecule has 2 N–H and O–H groups in total. The van der Waals surface area contributed by atoms with Gasteiger partial charge in [0.15, 0.2) is 11.0 Å². The van der Waals surface area contributed by atoms with Crippen molar-refractivity contribution >= 4 is 23.5 Å². The van der Waals surface area contributed by atoms with Crippen LogP contribution in [0.4, 0.5) is 5.82 Å². The number of ether oxygens (including phenoxy) is 1. The van der Waals surface area contributed by atoms with E-state index in [2.05, 4.69) is 42.7 Å². The van der Waals surface area contributed by atoms with Crippen LogP contribution in [0.5, 0.6) is 5.75 Å². The SMILES string of the molecule is C[C@@H](Cc1ccccc1)Oc1cc(CC(=O)Nc2ccn(C)n2)nc(Sc2ncn[nH]2)c1. The lowest BCUT2D eigenvalue weighted by Crippen LogP contribution is -2.17. The van der Waals surface area contributed by atoms with Crippen molar-refractivity contribution < 1.29 is 9.53 Å². The fraction of sp³-hybridized carbons (Fsp3) is 0.227. The molecule has 0 aliphatic rings. The van der Waals surface area contributed by atoms with Crippen molar-refractivity contribution in [1.82, 2.24) is 29.9 Å². The van der Waals surface area contributed by atoms with Crippen molar-refractivity contribution in [2.24, 2.45) is 7.05 Å². The quantitative estimate of drug-likeness (QED) is 0.403. The number of aromatic amines is 1. The van der Waals surface area contributed by atoms with Crippen molar-refractivity contribution in [3.05, 3.63) is 72.3 Å². The highest BCUT2D eigenvalue weighted by molar-refractivity contribution is 7.99. The molecule has 32 heavy (non-hydrogen) atoms. The average molecular weight is 450 g/mol. The highest BCUT2D eigenvalue weighted by Gasteiger charge is 2.14. The number of nitrogens with one attached hydrogen (secondary N) is 2. The maximum atomic E-state index is 12.5. The van der Waals surface area contributed by atoms with E-state index in [-0.39, 0.29) is 18.4 Å². The van der Waals surface area contributed by atoms with Gasteiger partial charge in [-0.15, -0.1) is 0 Å². The summed E-state index contributed by atoms with van der Waals surface area (Å²) in [6, 6.07) is 15.5. The molecule has 0 saturated heterocycles. The standard InChI is InChI=1S/C22H23N7O2S/c1-15(10-16-6-4-3-5-7-16)31-18-11-17(12-20(30)26-19-8-9-29(2)28-19)25-21(13-18)32-22-23-14-24-27-22/h3-9,11,13-15H,10,12H2,1-2H3,(H,23,24,27)(H,26,28,30)/t15-/m0/s1. The Morgan fingerprint density at radius 3 is 2.81 bits per heavy atom. The molecule has 0 bridgehead atoms. The second kappa shape index (κ2) is 10.1. The van der Waals surface area contributed by atoms with Crippen molar-refractivity contribution in [3.8, 4) is 5.75 Å². The molecule has 0 aliphatic heterocycles. The van der Waals surface area contributed by atoms with Gasteiger partial charge in [0, 0.05) is 37.9 Å². The smallest absolute Gasteiger partial charge is 0.231 e. The summed E-state index contributed by atoms with van der Waals surface area (Å²) in [6.07, 6.45) is 4.00. The number of carbonyl (C=O) groups is 1. The molecule has 0 fully saturated rings. The first-order chi connectivity index (χ1) is 15.5. The van der Waals surface area contributed by atoms with Crippen LogP contribution in [-0.4, -0.2) is 42.0 Å². The van der Waals surface area contributed by atoms with E-state index in [9.17, 15) is 4.79 Å². The Labute approximate surface area is 189 Å². The molecule has 3 aromatic heterocycles. The van der Waals surface area contributed by atoms with Gasteiger partial charge >= 0.3 is 0 Å². The lowest BCUT2D eigenvalue weighted by atomic mass is 10.1. The highest BCUT2D eigenvalue weighted by Crippen LogP contribution is 2.27. The monoisotopic (exact) mass is 449 g/mol. The minimum Gasteiger partial charge on any atom is -0.490 e. The molecule has 4 aromatic rings. The number of hydrogen-bond acceptors (Lipinski definition) is 7. The van der Waals surface area contributed by atoms with Gasteiger partial charge in [-0.2, -0.15) is 10.2 Å². The number of amides is 1. The molecule has 164 valence electrons. The molecule has 1 aromatic carbocycles. The van der Waals surface area contributed by atoms with Gasteiger partial charge in [-0.25, -0.2) is 9.97 Å². The van der Waals surface area contributed by atoms with E-state index in [0.29, 0.717) is 27.4 Å². The summed E-state index contributed by atoms with van der Waals surface area (Å²) < 4.78 is 7.80. The third-order valence-electron chi connectivity index (χ3n) is 4.45. The van der Waals surface area contributed by atoms with Crippen LogP contribution in [0.3, 0.4) is 0 Å². The van der Waals surface area contributed by atoms with Crippen LogP contribution in [0.1, 0.15) is 18.2 Å². The van der Waals surface area contributed by atoms with E-state index in [0.717, 1.165) is 6.42 Å². The number of hydrogen-bond donors (Lipinski definition) is 2. The Kier molecular flexibility index (Phi) is 6.81. The zero-order valence-corrected chi connectivity index (χ0v) is 18.5. The second-order valence-corrected chi connectivity index (χ2v) is 8.25. The first-order valence-corrected chi connectivity index (χ1v) is 10.9. The van der Waals surface area contributed by atoms with Gasteiger partial charge in [-0.1, -0.05) is 30.3 Å². The summed E-state index contributed by atoms with van der Waals surface area (Å²) in [4.78, 5) is 21.2. The van der Waals surface area contributed by atoms with Crippen LogP contribution in [0.2, 0.25) is 0 Å². The van der Waals surface area contributed by atoms with Crippen LogP contribution >= 0.6 is 11.8 Å². The summed E-state index contributed by atoms with van der Waals surface area (Å²) in [5.74, 6) is 0.935. The van der Waals surface area contributed by atoms with E-state index in [4.69, 9.17) is 4.74 Å². The van der Waals surface area contributed by atoms with Gasteiger partial charge in [-0.3, -0.25) is 14.6 Å². The number of carbonyl (C=O) groups excluding carboxylic acids is 1. The fourth-order valence-corrected chi connectivity index (χ4v) is 3.87. The third kappa shape index (κ3) is 6.17. The Morgan fingerprint density at radius 1 is 1.25 bits per heavy atom. The molecular formula is C22H23N7O2S. The number of benzene rings is 1.